The quantitative estimate of drug-likeness (QED) is 0.549. The van der Waals surface area contributed by atoms with Crippen molar-refractivity contribution >= 4 is 40.5 Å². The normalized spacial score (nSPS) is 10.0. The van der Waals surface area contributed by atoms with Gasteiger partial charge in [0, 0.05) is 5.69 Å². The fourth-order valence-corrected chi connectivity index (χ4v) is 3.24. The van der Waals surface area contributed by atoms with Gasteiger partial charge in [-0.1, -0.05) is 47.2 Å². The van der Waals surface area contributed by atoms with Crippen molar-refractivity contribution in [2.45, 2.75) is 13.8 Å². The van der Waals surface area contributed by atoms with Crippen LogP contribution < -0.4 is 15.4 Å². The monoisotopic (exact) mass is 403 g/mol. The zero-order chi connectivity index (χ0) is 18.4. The minimum absolute atomic E-state index is 0. The molecule has 0 saturated carbocycles. The van der Waals surface area contributed by atoms with Crippen LogP contribution in [0.25, 0.3) is 0 Å². The van der Waals surface area contributed by atoms with Gasteiger partial charge in [-0.3, -0.25) is 4.79 Å². The molecule has 7 heteroatoms. The second-order valence-electron chi connectivity index (χ2n) is 5.84. The van der Waals surface area contributed by atoms with Gasteiger partial charge in [0.15, 0.2) is 5.13 Å². The molecule has 0 bridgehead atoms. The molecule has 0 spiro atoms. The van der Waals surface area contributed by atoms with Gasteiger partial charge in [-0.2, -0.15) is 0 Å². The zero-order valence-electron chi connectivity index (χ0n) is 15.2. The van der Waals surface area contributed by atoms with Crippen LogP contribution in [-0.2, 0) is 0 Å². The number of carbonyl (C=O) groups is 1. The maximum atomic E-state index is 12.4. The standard InChI is InChI=1S/C20H21N3O2S.ClH/c1-14-8-10-17(11-9-14)25-13-12-21-20-22-15(2)18(26-20)19(24)23-16-6-4-3-5-7-16;/h3-11H,12-13H2,1-2H3,(H,21,22)(H,23,24);1H. The van der Waals surface area contributed by atoms with Crippen LogP contribution in [-0.4, -0.2) is 24.0 Å². The maximum absolute atomic E-state index is 12.4. The van der Waals surface area contributed by atoms with E-state index in [-0.39, 0.29) is 18.3 Å². The van der Waals surface area contributed by atoms with Crippen LogP contribution in [0.1, 0.15) is 20.9 Å². The van der Waals surface area contributed by atoms with E-state index in [1.165, 1.54) is 16.9 Å². The van der Waals surface area contributed by atoms with E-state index in [4.69, 9.17) is 4.74 Å². The molecule has 1 aromatic heterocycles. The number of para-hydroxylation sites is 1. The molecule has 2 N–H and O–H groups in total. The molecule has 27 heavy (non-hydrogen) atoms. The Morgan fingerprint density at radius 3 is 2.48 bits per heavy atom. The molecule has 0 fully saturated rings. The number of carbonyl (C=O) groups excluding carboxylic acids is 1. The highest BCUT2D eigenvalue weighted by atomic mass is 35.5. The van der Waals surface area contributed by atoms with Gasteiger partial charge in [0.2, 0.25) is 0 Å². The number of ether oxygens (including phenoxy) is 1. The van der Waals surface area contributed by atoms with Gasteiger partial charge >= 0.3 is 0 Å². The van der Waals surface area contributed by atoms with E-state index in [1.54, 1.807) is 0 Å². The predicted molar refractivity (Wildman–Crippen MR) is 114 cm³/mol. The Balaban J connectivity index is 0.00000261. The molecule has 0 atom stereocenters. The van der Waals surface area contributed by atoms with Crippen molar-refractivity contribution in [3.8, 4) is 5.75 Å². The Morgan fingerprint density at radius 2 is 1.78 bits per heavy atom. The van der Waals surface area contributed by atoms with Crippen LogP contribution in [0.3, 0.4) is 0 Å². The molecule has 3 aromatic rings. The first-order valence-electron chi connectivity index (χ1n) is 8.39. The van der Waals surface area contributed by atoms with E-state index in [9.17, 15) is 4.79 Å². The number of nitrogens with zero attached hydrogens (tertiary/aromatic N) is 1. The summed E-state index contributed by atoms with van der Waals surface area (Å²) in [6.07, 6.45) is 0. The van der Waals surface area contributed by atoms with Gasteiger partial charge in [0.1, 0.15) is 17.2 Å². The summed E-state index contributed by atoms with van der Waals surface area (Å²) in [5.74, 6) is 0.700. The van der Waals surface area contributed by atoms with E-state index in [1.807, 2.05) is 68.4 Å². The number of halogens is 1. The fourth-order valence-electron chi connectivity index (χ4n) is 2.35. The largest absolute Gasteiger partial charge is 0.492 e. The summed E-state index contributed by atoms with van der Waals surface area (Å²) in [7, 11) is 0. The Kier molecular flexibility index (Phi) is 7.64. The van der Waals surface area contributed by atoms with Crippen LogP contribution in [0.15, 0.2) is 54.6 Å². The number of thiazole rings is 1. The molecule has 0 aliphatic rings. The van der Waals surface area contributed by atoms with Gasteiger partial charge in [-0.25, -0.2) is 4.98 Å². The second-order valence-corrected chi connectivity index (χ2v) is 6.84. The van der Waals surface area contributed by atoms with E-state index in [0.717, 1.165) is 11.4 Å². The van der Waals surface area contributed by atoms with Crippen molar-refractivity contribution in [3.05, 3.63) is 70.7 Å². The van der Waals surface area contributed by atoms with E-state index >= 15 is 0 Å². The smallest absolute Gasteiger partial charge is 0.267 e. The third kappa shape index (κ3) is 5.98. The van der Waals surface area contributed by atoms with Gasteiger partial charge in [0.05, 0.1) is 12.2 Å². The lowest BCUT2D eigenvalue weighted by atomic mass is 10.2. The molecule has 2 aromatic carbocycles. The van der Waals surface area contributed by atoms with Gasteiger partial charge in [0.25, 0.3) is 5.91 Å². The van der Waals surface area contributed by atoms with Crippen molar-refractivity contribution in [1.29, 1.82) is 0 Å². The summed E-state index contributed by atoms with van der Waals surface area (Å²) < 4.78 is 5.68. The highest BCUT2D eigenvalue weighted by Gasteiger charge is 2.15. The van der Waals surface area contributed by atoms with Crippen LogP contribution >= 0.6 is 23.7 Å². The fraction of sp³-hybridized carbons (Fsp3) is 0.200. The number of hydrogen-bond donors (Lipinski definition) is 2. The third-order valence-corrected chi connectivity index (χ3v) is 4.82. The summed E-state index contributed by atoms with van der Waals surface area (Å²) >= 11 is 1.35. The van der Waals surface area contributed by atoms with Crippen molar-refractivity contribution in [2.75, 3.05) is 23.8 Å². The molecule has 1 heterocycles. The number of hydrogen-bond acceptors (Lipinski definition) is 5. The second kappa shape index (κ2) is 9.94. The van der Waals surface area contributed by atoms with Crippen molar-refractivity contribution in [2.24, 2.45) is 0 Å². The summed E-state index contributed by atoms with van der Waals surface area (Å²) in [5.41, 5.74) is 2.69. The average Bonchev–Trinajstić information content (AvgIpc) is 3.02. The van der Waals surface area contributed by atoms with Crippen molar-refractivity contribution in [3.63, 3.8) is 0 Å². The summed E-state index contributed by atoms with van der Waals surface area (Å²) in [4.78, 5) is 17.4. The lowest BCUT2D eigenvalue weighted by molar-refractivity contribution is 0.103. The van der Waals surface area contributed by atoms with Crippen LogP contribution in [0.4, 0.5) is 10.8 Å². The number of anilines is 2. The molecule has 5 nitrogen and oxygen atoms in total. The SMILES string of the molecule is Cc1ccc(OCCNc2nc(C)c(C(=O)Nc3ccccc3)s2)cc1.Cl. The first-order valence-corrected chi connectivity index (χ1v) is 9.20. The highest BCUT2D eigenvalue weighted by molar-refractivity contribution is 7.17. The molecule has 142 valence electrons. The Labute approximate surface area is 169 Å². The third-order valence-electron chi connectivity index (χ3n) is 3.70. The zero-order valence-corrected chi connectivity index (χ0v) is 16.8. The maximum Gasteiger partial charge on any atom is 0.267 e. The molecular formula is C20H22ClN3O2S. The average molecular weight is 404 g/mol. The number of amides is 1. The number of rotatable bonds is 7. The molecule has 1 amide bonds. The molecule has 0 radical (unpaired) electrons. The molecule has 0 unspecified atom stereocenters. The molecule has 0 aliphatic carbocycles. The summed E-state index contributed by atoms with van der Waals surface area (Å²) in [6, 6.07) is 17.3. The van der Waals surface area contributed by atoms with Gasteiger partial charge < -0.3 is 15.4 Å². The Hall–Kier alpha value is -2.57. The van der Waals surface area contributed by atoms with Gasteiger partial charge in [-0.15, -0.1) is 12.4 Å². The lowest BCUT2D eigenvalue weighted by Crippen LogP contribution is -2.11. The van der Waals surface area contributed by atoms with Crippen LogP contribution in [0, 0.1) is 13.8 Å². The van der Waals surface area contributed by atoms with E-state index < -0.39 is 0 Å². The first-order chi connectivity index (χ1) is 12.6. The Bertz CT molecular complexity index is 867. The topological polar surface area (TPSA) is 63.2 Å². The van der Waals surface area contributed by atoms with Crippen LogP contribution in [0.5, 0.6) is 5.75 Å². The highest BCUT2D eigenvalue weighted by Crippen LogP contribution is 2.23. The van der Waals surface area contributed by atoms with Gasteiger partial charge in [-0.05, 0) is 38.1 Å². The van der Waals surface area contributed by atoms with Crippen molar-refractivity contribution in [1.82, 2.24) is 4.98 Å². The number of nitrogens with one attached hydrogen (secondary N) is 2. The minimum Gasteiger partial charge on any atom is -0.492 e. The molecule has 0 saturated heterocycles. The minimum atomic E-state index is -0.143. The summed E-state index contributed by atoms with van der Waals surface area (Å²) in [5, 5.41) is 6.81. The van der Waals surface area contributed by atoms with Crippen LogP contribution in [0.2, 0.25) is 0 Å². The predicted octanol–water partition coefficient (Wildman–Crippen LogP) is 4.92. The number of aryl methyl sites for hydroxylation is 2. The molecule has 3 rings (SSSR count). The first kappa shape index (κ1) is 20.7. The number of benzene rings is 2. The summed E-state index contributed by atoms with van der Waals surface area (Å²) in [6.45, 7) is 5.01. The van der Waals surface area contributed by atoms with E-state index in [2.05, 4.69) is 15.6 Å². The van der Waals surface area contributed by atoms with Crippen molar-refractivity contribution < 1.29 is 9.53 Å². The molecular weight excluding hydrogens is 382 g/mol. The molecule has 0 aliphatic heterocycles. The lowest BCUT2D eigenvalue weighted by Gasteiger charge is -2.06. The Morgan fingerprint density at radius 1 is 1.07 bits per heavy atom. The number of aromatic nitrogens is 1. The van der Waals surface area contributed by atoms with E-state index in [0.29, 0.717) is 28.9 Å².